The first kappa shape index (κ1) is 9.39. The molecule has 3 heteroatoms. The molecule has 0 aliphatic heterocycles. The zero-order valence-electron chi connectivity index (χ0n) is 6.44. The summed E-state index contributed by atoms with van der Waals surface area (Å²) in [5.74, 6) is -1.10. The van der Waals surface area contributed by atoms with Crippen molar-refractivity contribution in [3.8, 4) is 0 Å². The Hall–Kier alpha value is -0.700. The first-order chi connectivity index (χ1) is 5.65. The molecule has 0 nitrogen and oxygen atoms in total. The Balaban J connectivity index is 3.18. The summed E-state index contributed by atoms with van der Waals surface area (Å²) < 4.78 is 25.4. The molecule has 0 atom stereocenters. The van der Waals surface area contributed by atoms with Gasteiger partial charge in [-0.3, -0.25) is 0 Å². The van der Waals surface area contributed by atoms with E-state index < -0.39 is 11.6 Å². The molecule has 64 valence electrons. The minimum absolute atomic E-state index is 0.410. The number of hydrogen-bond donors (Lipinski definition) is 0. The largest absolute Gasteiger partial charge is 0.207 e. The summed E-state index contributed by atoms with van der Waals surface area (Å²) in [6.07, 6.45) is 0. The van der Waals surface area contributed by atoms with Crippen LogP contribution in [0.2, 0.25) is 0 Å². The summed E-state index contributed by atoms with van der Waals surface area (Å²) in [5.41, 5.74) is 1.14. The molecule has 0 aromatic heterocycles. The van der Waals surface area contributed by atoms with E-state index in [1.165, 1.54) is 12.1 Å². The second-order valence-corrected chi connectivity index (χ2v) is 2.87. The Kier molecular flexibility index (Phi) is 2.98. The Morgan fingerprint density at radius 1 is 1.42 bits per heavy atom. The van der Waals surface area contributed by atoms with E-state index in [-0.39, 0.29) is 0 Å². The lowest BCUT2D eigenvalue weighted by Gasteiger charge is -2.01. The van der Waals surface area contributed by atoms with Crippen LogP contribution in [0, 0.1) is 11.6 Å². The highest BCUT2D eigenvalue weighted by Crippen LogP contribution is 2.19. The van der Waals surface area contributed by atoms with Gasteiger partial charge in [0.2, 0.25) is 0 Å². The minimum atomic E-state index is -0.557. The molecule has 1 aromatic carbocycles. The second kappa shape index (κ2) is 3.81. The Morgan fingerprint density at radius 3 is 2.58 bits per heavy atom. The molecule has 0 spiro atoms. The molecule has 0 saturated carbocycles. The van der Waals surface area contributed by atoms with E-state index in [9.17, 15) is 8.78 Å². The van der Waals surface area contributed by atoms with Crippen LogP contribution in [0.4, 0.5) is 8.78 Å². The fraction of sp³-hybridized carbons (Fsp3) is 0.111. The molecule has 1 rings (SSSR count). The zero-order valence-corrected chi connectivity index (χ0v) is 8.03. The molecule has 0 unspecified atom stereocenters. The van der Waals surface area contributed by atoms with Crippen LogP contribution in [0.25, 0.3) is 5.57 Å². The molecule has 0 fully saturated rings. The molecule has 0 N–H and O–H groups in total. The Labute approximate surface area is 78.0 Å². The van der Waals surface area contributed by atoms with E-state index >= 15 is 0 Å². The predicted molar refractivity (Wildman–Crippen MR) is 48.9 cm³/mol. The van der Waals surface area contributed by atoms with Gasteiger partial charge in [0.15, 0.2) is 0 Å². The maximum Gasteiger partial charge on any atom is 0.133 e. The summed E-state index contributed by atoms with van der Waals surface area (Å²) >= 11 is 3.08. The van der Waals surface area contributed by atoms with E-state index in [1.54, 1.807) is 11.9 Å². The van der Waals surface area contributed by atoms with Gasteiger partial charge in [-0.2, -0.15) is 0 Å². The lowest BCUT2D eigenvalue weighted by molar-refractivity contribution is 0.581. The fourth-order valence-corrected chi connectivity index (χ4v) is 1.11. The fourth-order valence-electron chi connectivity index (χ4n) is 0.868. The van der Waals surface area contributed by atoms with E-state index in [1.807, 2.05) is 0 Å². The summed E-state index contributed by atoms with van der Waals surface area (Å²) in [7, 11) is 0. The van der Waals surface area contributed by atoms with Crippen LogP contribution in [0.5, 0.6) is 0 Å². The van der Waals surface area contributed by atoms with Crippen molar-refractivity contribution in [3.63, 3.8) is 0 Å². The molecule has 0 amide bonds. The molecule has 0 radical (unpaired) electrons. The molecule has 0 heterocycles. The van der Waals surface area contributed by atoms with Gasteiger partial charge in [-0.1, -0.05) is 15.9 Å². The summed E-state index contributed by atoms with van der Waals surface area (Å²) in [6.45, 7) is 1.74. The van der Waals surface area contributed by atoms with Gasteiger partial charge in [-0.25, -0.2) is 8.78 Å². The molecular weight excluding hydrogens is 226 g/mol. The topological polar surface area (TPSA) is 0 Å². The van der Waals surface area contributed by atoms with E-state index in [0.29, 0.717) is 5.56 Å². The lowest BCUT2D eigenvalue weighted by atomic mass is 10.1. The van der Waals surface area contributed by atoms with Gasteiger partial charge in [-0.05, 0) is 29.6 Å². The second-order valence-electron chi connectivity index (χ2n) is 2.42. The van der Waals surface area contributed by atoms with Gasteiger partial charge in [0.25, 0.3) is 0 Å². The number of hydrogen-bond acceptors (Lipinski definition) is 0. The summed E-state index contributed by atoms with van der Waals surface area (Å²) in [5, 5.41) is 0. The maximum absolute atomic E-state index is 13.0. The molecular formula is C9H7BrF2. The number of rotatable bonds is 1. The van der Waals surface area contributed by atoms with Crippen LogP contribution in [0.3, 0.4) is 0 Å². The van der Waals surface area contributed by atoms with Gasteiger partial charge in [0, 0.05) is 11.6 Å². The standard InChI is InChI=1S/C9H7BrF2/c1-6(5-10)8-3-2-7(11)4-9(8)12/h2-5H,1H3/b6-5+. The van der Waals surface area contributed by atoms with E-state index in [4.69, 9.17) is 0 Å². The summed E-state index contributed by atoms with van der Waals surface area (Å²) in [4.78, 5) is 1.60. The molecule has 12 heavy (non-hydrogen) atoms. The van der Waals surface area contributed by atoms with Gasteiger partial charge in [0.05, 0.1) is 0 Å². The van der Waals surface area contributed by atoms with Gasteiger partial charge >= 0.3 is 0 Å². The number of allylic oxidation sites excluding steroid dienone is 1. The average molecular weight is 233 g/mol. The quantitative estimate of drug-likeness (QED) is 0.693. The van der Waals surface area contributed by atoms with Crippen molar-refractivity contribution in [2.75, 3.05) is 0 Å². The van der Waals surface area contributed by atoms with Crippen molar-refractivity contribution in [1.82, 2.24) is 0 Å². The normalized spacial score (nSPS) is 11.8. The van der Waals surface area contributed by atoms with E-state index in [0.717, 1.165) is 11.6 Å². The van der Waals surface area contributed by atoms with Crippen LogP contribution < -0.4 is 0 Å². The minimum Gasteiger partial charge on any atom is -0.207 e. The first-order valence-corrected chi connectivity index (χ1v) is 4.29. The van der Waals surface area contributed by atoms with Crippen LogP contribution in [-0.4, -0.2) is 0 Å². The summed E-state index contributed by atoms with van der Waals surface area (Å²) in [6, 6.07) is 3.52. The zero-order chi connectivity index (χ0) is 9.14. The molecule has 1 aromatic rings. The number of halogens is 3. The highest BCUT2D eigenvalue weighted by atomic mass is 79.9. The third-order valence-corrected chi connectivity index (χ3v) is 2.21. The van der Waals surface area contributed by atoms with Crippen molar-refractivity contribution < 1.29 is 8.78 Å². The Morgan fingerprint density at radius 2 is 2.08 bits per heavy atom. The van der Waals surface area contributed by atoms with Gasteiger partial charge in [0.1, 0.15) is 11.6 Å². The van der Waals surface area contributed by atoms with Gasteiger partial charge in [-0.15, -0.1) is 0 Å². The van der Waals surface area contributed by atoms with Crippen molar-refractivity contribution in [2.24, 2.45) is 0 Å². The van der Waals surface area contributed by atoms with Crippen LogP contribution >= 0.6 is 15.9 Å². The maximum atomic E-state index is 13.0. The third kappa shape index (κ3) is 1.91. The highest BCUT2D eigenvalue weighted by Gasteiger charge is 2.03. The molecule has 0 aliphatic carbocycles. The first-order valence-electron chi connectivity index (χ1n) is 3.37. The number of benzene rings is 1. The van der Waals surface area contributed by atoms with Crippen molar-refractivity contribution >= 4 is 21.5 Å². The third-order valence-electron chi connectivity index (χ3n) is 1.52. The SMILES string of the molecule is C/C(=C\Br)c1ccc(F)cc1F. The van der Waals surface area contributed by atoms with Gasteiger partial charge < -0.3 is 0 Å². The Bertz CT molecular complexity index is 318. The molecule has 0 saturated heterocycles. The molecule has 0 bridgehead atoms. The van der Waals surface area contributed by atoms with E-state index in [2.05, 4.69) is 15.9 Å². The highest BCUT2D eigenvalue weighted by molar-refractivity contribution is 9.11. The average Bonchev–Trinajstić information content (AvgIpc) is 2.03. The lowest BCUT2D eigenvalue weighted by Crippen LogP contribution is -1.87. The van der Waals surface area contributed by atoms with Crippen molar-refractivity contribution in [2.45, 2.75) is 6.92 Å². The van der Waals surface area contributed by atoms with Crippen LogP contribution in [0.15, 0.2) is 23.2 Å². The van der Waals surface area contributed by atoms with Crippen LogP contribution in [0.1, 0.15) is 12.5 Å². The van der Waals surface area contributed by atoms with Crippen molar-refractivity contribution in [3.05, 3.63) is 40.4 Å². The predicted octanol–water partition coefficient (Wildman–Crippen LogP) is 3.72. The van der Waals surface area contributed by atoms with Crippen molar-refractivity contribution in [1.29, 1.82) is 0 Å². The smallest absolute Gasteiger partial charge is 0.133 e. The monoisotopic (exact) mass is 232 g/mol. The molecule has 0 aliphatic rings. The van der Waals surface area contributed by atoms with Crippen LogP contribution in [-0.2, 0) is 0 Å².